The van der Waals surface area contributed by atoms with Crippen LogP contribution >= 0.6 is 0 Å². The molecule has 3 nitrogen and oxygen atoms in total. The van der Waals surface area contributed by atoms with E-state index in [0.717, 1.165) is 46.2 Å². The van der Waals surface area contributed by atoms with E-state index in [-0.39, 0.29) is 0 Å². The molecule has 0 unspecified atom stereocenters. The highest BCUT2D eigenvalue weighted by atomic mass is 16.3. The van der Waals surface area contributed by atoms with Gasteiger partial charge in [0.05, 0.1) is 22.1 Å². The van der Waals surface area contributed by atoms with Crippen LogP contribution in [0.2, 0.25) is 0 Å². The van der Waals surface area contributed by atoms with Gasteiger partial charge in [0.1, 0.15) is 11.2 Å². The number of fused-ring (bicyclic) bond motifs is 9. The zero-order valence-corrected chi connectivity index (χ0v) is 31.2. The summed E-state index contributed by atoms with van der Waals surface area (Å²) < 4.78 is 11.3. The third kappa shape index (κ3) is 5.06. The lowest BCUT2D eigenvalue weighted by Crippen LogP contribution is -1.94. The molecule has 0 saturated carbocycles. The average Bonchev–Trinajstić information content (AvgIpc) is 3.93. The molecule has 0 amide bonds. The number of allylic oxidation sites excluding steroid dienone is 4. The zero-order chi connectivity index (χ0) is 37.5. The SMILES string of the molecule is C1=CC(c2ccc3c(c2)c2cc(-c4ccccc4)ccc2n3-c2ccc3oc4ccc(-n5c6ccccc6c6cc(-c7ccccc7)ccc65)cc4c3c2)=CCC1. The highest BCUT2D eigenvalue weighted by Gasteiger charge is 2.19. The molecule has 57 heavy (non-hydrogen) atoms. The fourth-order valence-corrected chi connectivity index (χ4v) is 9.21. The minimum absolute atomic E-state index is 0.881. The summed E-state index contributed by atoms with van der Waals surface area (Å²) in [6.45, 7) is 0. The second-order valence-corrected chi connectivity index (χ2v) is 15.2. The summed E-state index contributed by atoms with van der Waals surface area (Å²) in [6, 6.07) is 64.1. The summed E-state index contributed by atoms with van der Waals surface area (Å²) >= 11 is 0. The predicted octanol–water partition coefficient (Wildman–Crippen LogP) is 14.8. The van der Waals surface area contributed by atoms with E-state index >= 15 is 0 Å². The smallest absolute Gasteiger partial charge is 0.135 e. The van der Waals surface area contributed by atoms with E-state index in [9.17, 15) is 0 Å². The average molecular weight is 729 g/mol. The standard InChI is InChI=1S/C54H36N2O/c1-4-12-35(13-5-1)38-20-25-50-44(30-38)43-18-10-11-19-49(43)55(50)41-23-28-53-47(33-41)48-34-42(24-29-54(48)57-53)56-51-26-21-39(36-14-6-2-7-15-36)31-45(51)46-32-40(22-27-52(46)56)37-16-8-3-9-17-37/h1-2,4-8,10-34H,3,9H2. The summed E-state index contributed by atoms with van der Waals surface area (Å²) in [7, 11) is 0. The van der Waals surface area contributed by atoms with Crippen molar-refractivity contribution in [2.24, 2.45) is 0 Å². The van der Waals surface area contributed by atoms with Crippen molar-refractivity contribution in [3.8, 4) is 33.6 Å². The fraction of sp³-hybridized carbons (Fsp3) is 0.0370. The van der Waals surface area contributed by atoms with E-state index < -0.39 is 0 Å². The number of furan rings is 1. The van der Waals surface area contributed by atoms with Gasteiger partial charge in [0.15, 0.2) is 0 Å². The molecule has 1 aliphatic carbocycles. The molecule has 268 valence electrons. The maximum absolute atomic E-state index is 6.53. The van der Waals surface area contributed by atoms with Crippen LogP contribution < -0.4 is 0 Å². The van der Waals surface area contributed by atoms with Crippen LogP contribution in [0.4, 0.5) is 0 Å². The van der Waals surface area contributed by atoms with Crippen LogP contribution in [0.3, 0.4) is 0 Å². The molecule has 3 heteroatoms. The highest BCUT2D eigenvalue weighted by Crippen LogP contribution is 2.40. The van der Waals surface area contributed by atoms with Crippen molar-refractivity contribution >= 4 is 71.1 Å². The van der Waals surface area contributed by atoms with Gasteiger partial charge in [-0.15, -0.1) is 0 Å². The van der Waals surface area contributed by atoms with Gasteiger partial charge in [-0.3, -0.25) is 0 Å². The van der Waals surface area contributed by atoms with Gasteiger partial charge < -0.3 is 13.6 Å². The van der Waals surface area contributed by atoms with Crippen LogP contribution in [0.15, 0.2) is 199 Å². The Bertz CT molecular complexity index is 3450. The van der Waals surface area contributed by atoms with Crippen LogP contribution in [0, 0.1) is 0 Å². The molecule has 0 saturated heterocycles. The Balaban J connectivity index is 1.05. The predicted molar refractivity (Wildman–Crippen MR) is 240 cm³/mol. The van der Waals surface area contributed by atoms with Crippen LogP contribution in [-0.2, 0) is 0 Å². The molecule has 0 atom stereocenters. The van der Waals surface area contributed by atoms with Gasteiger partial charge in [0.25, 0.3) is 0 Å². The first-order valence-electron chi connectivity index (χ1n) is 19.8. The molecule has 1 aliphatic rings. The molecule has 0 bridgehead atoms. The number of rotatable bonds is 5. The number of aromatic nitrogens is 2. The molecular weight excluding hydrogens is 693 g/mol. The van der Waals surface area contributed by atoms with Crippen molar-refractivity contribution in [1.82, 2.24) is 9.13 Å². The lowest BCUT2D eigenvalue weighted by atomic mass is 9.97. The lowest BCUT2D eigenvalue weighted by molar-refractivity contribution is 0.669. The van der Waals surface area contributed by atoms with Gasteiger partial charge >= 0.3 is 0 Å². The van der Waals surface area contributed by atoms with Crippen molar-refractivity contribution in [3.63, 3.8) is 0 Å². The second-order valence-electron chi connectivity index (χ2n) is 15.2. The lowest BCUT2D eigenvalue weighted by Gasteiger charge is -2.10. The van der Waals surface area contributed by atoms with E-state index in [1.165, 1.54) is 77.0 Å². The Morgan fingerprint density at radius 1 is 0.351 bits per heavy atom. The maximum atomic E-state index is 6.53. The van der Waals surface area contributed by atoms with Gasteiger partial charge in [-0.25, -0.2) is 0 Å². The monoisotopic (exact) mass is 728 g/mol. The molecule has 0 spiro atoms. The van der Waals surface area contributed by atoms with E-state index in [2.05, 4.69) is 203 Å². The van der Waals surface area contributed by atoms with Crippen molar-refractivity contribution in [2.75, 3.05) is 0 Å². The van der Waals surface area contributed by atoms with Crippen molar-refractivity contribution in [3.05, 3.63) is 200 Å². The molecule has 12 rings (SSSR count). The topological polar surface area (TPSA) is 23.0 Å². The van der Waals surface area contributed by atoms with Gasteiger partial charge in [-0.05, 0) is 125 Å². The Kier molecular flexibility index (Phi) is 7.05. The van der Waals surface area contributed by atoms with Crippen molar-refractivity contribution in [2.45, 2.75) is 12.8 Å². The second kappa shape index (κ2) is 12.6. The number of hydrogen-bond acceptors (Lipinski definition) is 1. The Labute approximate surface area is 329 Å². The summed E-state index contributed by atoms with van der Waals surface area (Å²) in [5.41, 5.74) is 16.1. The Hall–Kier alpha value is -7.36. The number of para-hydroxylation sites is 1. The first-order chi connectivity index (χ1) is 28.2. The molecule has 3 heterocycles. The third-order valence-corrected chi connectivity index (χ3v) is 11.9. The van der Waals surface area contributed by atoms with E-state index in [1.54, 1.807) is 0 Å². The summed E-state index contributed by atoms with van der Waals surface area (Å²) in [5.74, 6) is 0. The van der Waals surface area contributed by atoms with Gasteiger partial charge in [-0.2, -0.15) is 0 Å². The quantitative estimate of drug-likeness (QED) is 0.173. The zero-order valence-electron chi connectivity index (χ0n) is 31.2. The third-order valence-electron chi connectivity index (χ3n) is 11.9. The molecule has 8 aromatic carbocycles. The van der Waals surface area contributed by atoms with Crippen molar-refractivity contribution < 1.29 is 4.42 Å². The molecule has 0 radical (unpaired) electrons. The minimum atomic E-state index is 0.881. The molecule has 0 fully saturated rings. The van der Waals surface area contributed by atoms with Crippen LogP contribution in [0.1, 0.15) is 18.4 Å². The number of benzene rings is 8. The van der Waals surface area contributed by atoms with Gasteiger partial charge in [0, 0.05) is 43.7 Å². The van der Waals surface area contributed by atoms with Gasteiger partial charge in [0.2, 0.25) is 0 Å². The minimum Gasteiger partial charge on any atom is -0.456 e. The van der Waals surface area contributed by atoms with E-state index in [0.29, 0.717) is 0 Å². The molecular formula is C54H36N2O. The van der Waals surface area contributed by atoms with E-state index in [4.69, 9.17) is 4.42 Å². The largest absolute Gasteiger partial charge is 0.456 e. The highest BCUT2D eigenvalue weighted by molar-refractivity contribution is 6.14. The Morgan fingerprint density at radius 2 is 0.842 bits per heavy atom. The normalized spacial score (nSPS) is 13.2. The van der Waals surface area contributed by atoms with Crippen LogP contribution in [0.5, 0.6) is 0 Å². The molecule has 0 N–H and O–H groups in total. The molecule has 11 aromatic rings. The molecule has 0 aliphatic heterocycles. The summed E-state index contributed by atoms with van der Waals surface area (Å²) in [5, 5.41) is 7.18. The first-order valence-corrected chi connectivity index (χ1v) is 19.8. The number of nitrogens with zero attached hydrogens (tertiary/aromatic N) is 2. The van der Waals surface area contributed by atoms with Crippen LogP contribution in [-0.4, -0.2) is 9.13 Å². The van der Waals surface area contributed by atoms with Gasteiger partial charge in [-0.1, -0.05) is 115 Å². The van der Waals surface area contributed by atoms with Crippen LogP contribution in [0.25, 0.3) is 105 Å². The molecule has 3 aromatic heterocycles. The fourth-order valence-electron chi connectivity index (χ4n) is 9.21. The van der Waals surface area contributed by atoms with Crippen molar-refractivity contribution in [1.29, 1.82) is 0 Å². The Morgan fingerprint density at radius 3 is 1.40 bits per heavy atom. The van der Waals surface area contributed by atoms with E-state index in [1.807, 2.05) is 0 Å². The summed E-state index contributed by atoms with van der Waals surface area (Å²) in [4.78, 5) is 0. The number of hydrogen-bond donors (Lipinski definition) is 0. The summed E-state index contributed by atoms with van der Waals surface area (Å²) in [6.07, 6.45) is 9.10. The maximum Gasteiger partial charge on any atom is 0.135 e. The first kappa shape index (κ1) is 31.9.